The first-order valence-corrected chi connectivity index (χ1v) is 8.00. The zero-order valence-electron chi connectivity index (χ0n) is 14.0. The number of aliphatic hydroxyl groups excluding tert-OH is 1. The monoisotopic (exact) mass is 339 g/mol. The van der Waals surface area contributed by atoms with Crippen LogP contribution in [-0.4, -0.2) is 33.8 Å². The van der Waals surface area contributed by atoms with Crippen LogP contribution in [0.5, 0.6) is 0 Å². The van der Waals surface area contributed by atoms with Crippen LogP contribution in [0.4, 0.5) is 11.6 Å². The molecule has 1 aromatic heterocycles. The van der Waals surface area contributed by atoms with E-state index in [0.717, 1.165) is 11.2 Å². The molecule has 7 heteroatoms. The summed E-state index contributed by atoms with van der Waals surface area (Å²) in [6.07, 6.45) is -0.519. The lowest BCUT2D eigenvalue weighted by molar-refractivity contribution is 0.0993. The van der Waals surface area contributed by atoms with E-state index < -0.39 is 6.23 Å². The molecule has 1 unspecified atom stereocenters. The van der Waals surface area contributed by atoms with E-state index in [1.807, 2.05) is 36.4 Å². The number of carbonyl (C=O) groups is 1. The van der Waals surface area contributed by atoms with Gasteiger partial charge >= 0.3 is 0 Å². The van der Waals surface area contributed by atoms with Crippen molar-refractivity contribution in [2.45, 2.75) is 19.2 Å². The number of fused-ring (bicyclic) bond motifs is 1. The highest BCUT2D eigenvalue weighted by atomic mass is 16.3. The van der Waals surface area contributed by atoms with Crippen LogP contribution in [0, 0.1) is 0 Å². The highest BCUT2D eigenvalue weighted by Crippen LogP contribution is 2.24. The number of hydrogen-bond acceptors (Lipinski definition) is 5. The van der Waals surface area contributed by atoms with Crippen LogP contribution in [0.15, 0.2) is 48.5 Å². The molecule has 5 N–H and O–H groups in total. The van der Waals surface area contributed by atoms with E-state index in [2.05, 4.69) is 4.98 Å². The van der Waals surface area contributed by atoms with E-state index >= 15 is 0 Å². The van der Waals surface area contributed by atoms with Crippen LogP contribution in [0.2, 0.25) is 0 Å². The summed E-state index contributed by atoms with van der Waals surface area (Å²) in [5.41, 5.74) is 14.2. The number of carbonyl (C=O) groups excluding carboxylic acids is 1. The number of nitrogens with two attached hydrogens (primary N) is 2. The van der Waals surface area contributed by atoms with Gasteiger partial charge in [-0.15, -0.1) is 0 Å². The van der Waals surface area contributed by atoms with Gasteiger partial charge in [-0.25, -0.2) is 4.98 Å². The third kappa shape index (κ3) is 3.47. The molecule has 1 amide bonds. The van der Waals surface area contributed by atoms with E-state index in [1.54, 1.807) is 28.6 Å². The minimum Gasteiger partial charge on any atom is -0.379 e. The first-order chi connectivity index (χ1) is 12.0. The van der Waals surface area contributed by atoms with Crippen LogP contribution in [0.3, 0.4) is 0 Å². The van der Waals surface area contributed by atoms with Gasteiger partial charge in [-0.3, -0.25) is 4.79 Å². The van der Waals surface area contributed by atoms with E-state index in [-0.39, 0.29) is 5.91 Å². The topological polar surface area (TPSA) is 110 Å². The van der Waals surface area contributed by atoms with Gasteiger partial charge in [0.05, 0.1) is 11.0 Å². The van der Waals surface area contributed by atoms with Crippen molar-refractivity contribution in [1.29, 1.82) is 0 Å². The molecule has 25 heavy (non-hydrogen) atoms. The maximum Gasteiger partial charge on any atom is 0.258 e. The molecule has 0 bridgehead atoms. The Hall–Kier alpha value is -2.90. The lowest BCUT2D eigenvalue weighted by Gasteiger charge is -2.17. The van der Waals surface area contributed by atoms with E-state index in [9.17, 15) is 9.90 Å². The standard InChI is InChI=1S/C18H21N5O2/c1-22(17(25)12-5-3-2-4-6-12)13-7-8-15-14(11-13)21-18(20)23(15)10-9-16(19)24/h2-8,11,16,24H,9-10,19H2,1H3,(H2,20,21). The van der Waals surface area contributed by atoms with Gasteiger partial charge < -0.3 is 26.0 Å². The average Bonchev–Trinajstić information content (AvgIpc) is 2.93. The maximum atomic E-state index is 12.6. The number of aliphatic hydroxyl groups is 1. The van der Waals surface area contributed by atoms with Crippen LogP contribution in [0.1, 0.15) is 16.8 Å². The summed E-state index contributed by atoms with van der Waals surface area (Å²) >= 11 is 0. The third-order valence-corrected chi connectivity index (χ3v) is 4.12. The van der Waals surface area contributed by atoms with Gasteiger partial charge in [-0.05, 0) is 30.3 Å². The summed E-state index contributed by atoms with van der Waals surface area (Å²) in [7, 11) is 1.72. The van der Waals surface area contributed by atoms with E-state index in [4.69, 9.17) is 11.5 Å². The quantitative estimate of drug-likeness (QED) is 0.611. The van der Waals surface area contributed by atoms with Gasteiger partial charge in [0.15, 0.2) is 0 Å². The second-order valence-corrected chi connectivity index (χ2v) is 5.88. The summed E-state index contributed by atoms with van der Waals surface area (Å²) in [4.78, 5) is 18.5. The molecular weight excluding hydrogens is 318 g/mol. The molecule has 0 fully saturated rings. The van der Waals surface area contributed by atoms with Crippen LogP contribution >= 0.6 is 0 Å². The fraction of sp³-hybridized carbons (Fsp3) is 0.222. The van der Waals surface area contributed by atoms with Crippen molar-refractivity contribution in [3.05, 3.63) is 54.1 Å². The van der Waals surface area contributed by atoms with E-state index in [1.165, 1.54) is 0 Å². The van der Waals surface area contributed by atoms with Crippen molar-refractivity contribution in [2.24, 2.45) is 5.73 Å². The Morgan fingerprint density at radius 1 is 1.28 bits per heavy atom. The molecule has 1 atom stereocenters. The number of anilines is 2. The Bertz CT molecular complexity index is 889. The second-order valence-electron chi connectivity index (χ2n) is 5.88. The number of rotatable bonds is 5. The summed E-state index contributed by atoms with van der Waals surface area (Å²) in [6.45, 7) is 0.470. The minimum absolute atomic E-state index is 0.0985. The number of imidazole rings is 1. The van der Waals surface area contributed by atoms with Crippen LogP contribution in [-0.2, 0) is 6.54 Å². The molecule has 0 saturated carbocycles. The van der Waals surface area contributed by atoms with Crippen molar-refractivity contribution in [2.75, 3.05) is 17.7 Å². The molecule has 0 radical (unpaired) electrons. The Morgan fingerprint density at radius 3 is 2.68 bits per heavy atom. The number of aryl methyl sites for hydroxylation is 1. The van der Waals surface area contributed by atoms with Gasteiger partial charge in [0.2, 0.25) is 5.95 Å². The van der Waals surface area contributed by atoms with Crippen molar-refractivity contribution in [3.63, 3.8) is 0 Å². The fourth-order valence-electron chi connectivity index (χ4n) is 2.73. The Morgan fingerprint density at radius 2 is 2.00 bits per heavy atom. The van der Waals surface area contributed by atoms with Crippen molar-refractivity contribution in [3.8, 4) is 0 Å². The molecular formula is C18H21N5O2. The average molecular weight is 339 g/mol. The maximum absolute atomic E-state index is 12.6. The normalized spacial score (nSPS) is 12.3. The second kappa shape index (κ2) is 6.92. The molecule has 3 aromatic rings. The lowest BCUT2D eigenvalue weighted by atomic mass is 10.2. The summed E-state index contributed by atoms with van der Waals surface area (Å²) in [5.74, 6) is 0.253. The SMILES string of the molecule is CN(C(=O)c1ccccc1)c1ccc2c(c1)nc(N)n2CCC(N)O. The van der Waals surface area contributed by atoms with E-state index in [0.29, 0.717) is 30.0 Å². The Balaban J connectivity index is 1.90. The zero-order valence-corrected chi connectivity index (χ0v) is 14.0. The van der Waals surface area contributed by atoms with Crippen molar-refractivity contribution < 1.29 is 9.90 Å². The molecule has 0 aliphatic carbocycles. The molecule has 0 aliphatic rings. The Kier molecular flexibility index (Phi) is 4.69. The number of nitrogens with zero attached hydrogens (tertiary/aromatic N) is 3. The van der Waals surface area contributed by atoms with Crippen LogP contribution < -0.4 is 16.4 Å². The van der Waals surface area contributed by atoms with Crippen molar-refractivity contribution >= 4 is 28.6 Å². The number of hydrogen-bond donors (Lipinski definition) is 3. The van der Waals surface area contributed by atoms with Gasteiger partial charge in [0.1, 0.15) is 6.23 Å². The highest BCUT2D eigenvalue weighted by Gasteiger charge is 2.15. The highest BCUT2D eigenvalue weighted by molar-refractivity contribution is 6.06. The number of benzene rings is 2. The summed E-state index contributed by atoms with van der Waals surface area (Å²) < 4.78 is 1.80. The zero-order chi connectivity index (χ0) is 18.0. The van der Waals surface area contributed by atoms with Gasteiger partial charge in [-0.2, -0.15) is 0 Å². The minimum atomic E-state index is -0.897. The summed E-state index contributed by atoms with van der Waals surface area (Å²) in [5, 5.41) is 9.26. The molecule has 0 spiro atoms. The number of amides is 1. The first-order valence-electron chi connectivity index (χ1n) is 8.00. The molecule has 0 saturated heterocycles. The molecule has 1 heterocycles. The fourth-order valence-corrected chi connectivity index (χ4v) is 2.73. The number of nitrogen functional groups attached to an aromatic ring is 1. The molecule has 7 nitrogen and oxygen atoms in total. The number of aromatic nitrogens is 2. The third-order valence-electron chi connectivity index (χ3n) is 4.12. The largest absolute Gasteiger partial charge is 0.379 e. The smallest absolute Gasteiger partial charge is 0.258 e. The van der Waals surface area contributed by atoms with Gasteiger partial charge in [-0.1, -0.05) is 18.2 Å². The van der Waals surface area contributed by atoms with Gasteiger partial charge in [0, 0.05) is 31.3 Å². The predicted molar refractivity (Wildman–Crippen MR) is 98.1 cm³/mol. The Labute approximate surface area is 145 Å². The van der Waals surface area contributed by atoms with Crippen LogP contribution in [0.25, 0.3) is 11.0 Å². The summed E-state index contributed by atoms with van der Waals surface area (Å²) in [6, 6.07) is 14.6. The molecule has 130 valence electrons. The molecule has 0 aliphatic heterocycles. The first kappa shape index (κ1) is 16.9. The molecule has 3 rings (SSSR count). The lowest BCUT2D eigenvalue weighted by Crippen LogP contribution is -2.26. The van der Waals surface area contributed by atoms with Gasteiger partial charge in [0.25, 0.3) is 5.91 Å². The van der Waals surface area contributed by atoms with Crippen molar-refractivity contribution in [1.82, 2.24) is 9.55 Å². The molecule has 2 aromatic carbocycles. The predicted octanol–water partition coefficient (Wildman–Crippen LogP) is 1.56.